The van der Waals surface area contributed by atoms with Crippen LogP contribution in [0.15, 0.2) is 19.0 Å². The fourth-order valence-corrected chi connectivity index (χ4v) is 5.83. The van der Waals surface area contributed by atoms with Crippen molar-refractivity contribution >= 4 is 28.8 Å². The summed E-state index contributed by atoms with van der Waals surface area (Å²) >= 11 is 0. The van der Waals surface area contributed by atoms with Gasteiger partial charge in [-0.15, -0.1) is 6.58 Å². The third kappa shape index (κ3) is 5.60. The van der Waals surface area contributed by atoms with Crippen LogP contribution in [0.3, 0.4) is 0 Å². The molecule has 2 aliphatic carbocycles. The van der Waals surface area contributed by atoms with Crippen molar-refractivity contribution in [1.29, 1.82) is 0 Å². The minimum atomic E-state index is 0.224. The van der Waals surface area contributed by atoms with E-state index in [1.165, 1.54) is 25.7 Å². The summed E-state index contributed by atoms with van der Waals surface area (Å²) in [6.45, 7) is 5.26. The van der Waals surface area contributed by atoms with Crippen molar-refractivity contribution in [1.82, 2.24) is 24.4 Å². The number of aromatic nitrogens is 4. The quantitative estimate of drug-likeness (QED) is 0.490. The molecule has 0 radical (unpaired) electrons. The fourth-order valence-electron chi connectivity index (χ4n) is 5.83. The summed E-state index contributed by atoms with van der Waals surface area (Å²) in [5.41, 5.74) is 7.87. The Morgan fingerprint density at radius 2 is 1.74 bits per heavy atom. The number of allylic oxidation sites excluding steroid dienone is 1. The van der Waals surface area contributed by atoms with Gasteiger partial charge in [0.2, 0.25) is 11.9 Å². The topological polar surface area (TPSA) is 114 Å². The van der Waals surface area contributed by atoms with Crippen molar-refractivity contribution in [2.45, 2.75) is 101 Å². The van der Waals surface area contributed by atoms with E-state index in [1.54, 1.807) is 0 Å². The minimum absolute atomic E-state index is 0.224. The molecule has 0 aromatic carbocycles. The Morgan fingerprint density at radius 3 is 2.46 bits per heavy atom. The van der Waals surface area contributed by atoms with Crippen molar-refractivity contribution in [3.05, 3.63) is 19.0 Å². The molecule has 4 N–H and O–H groups in total. The Balaban J connectivity index is 1.33. The maximum Gasteiger partial charge on any atom is 0.227 e. The van der Waals surface area contributed by atoms with Crippen molar-refractivity contribution in [2.75, 3.05) is 23.7 Å². The second-order valence-corrected chi connectivity index (χ2v) is 10.5. The number of hydrogen-bond donors (Lipinski definition) is 3. The van der Waals surface area contributed by atoms with Crippen LogP contribution in [-0.2, 0) is 4.79 Å². The number of carbonyl (C=O) groups excluding carboxylic acids is 1. The molecule has 2 saturated carbocycles. The molecule has 1 amide bonds. The van der Waals surface area contributed by atoms with Gasteiger partial charge in [-0.3, -0.25) is 4.79 Å². The van der Waals surface area contributed by atoms with Crippen LogP contribution < -0.4 is 16.4 Å². The maximum absolute atomic E-state index is 12.4. The van der Waals surface area contributed by atoms with Crippen molar-refractivity contribution in [2.24, 2.45) is 5.73 Å². The van der Waals surface area contributed by atoms with Crippen LogP contribution in [0.1, 0.15) is 83.1 Å². The highest BCUT2D eigenvalue weighted by Crippen LogP contribution is 2.34. The molecule has 0 atom stereocenters. The van der Waals surface area contributed by atoms with Gasteiger partial charge in [-0.1, -0.05) is 18.9 Å². The molecule has 1 aliphatic heterocycles. The average Bonchev–Trinajstić information content (AvgIpc) is 3.54. The number of anilines is 2. The highest BCUT2D eigenvalue weighted by Gasteiger charge is 2.26. The standard InChI is InChI=1S/C26H40N8O/c1-2-3-8-22(35)33-15-13-20(14-16-33)29-24-23-25(34(17-28-23)21-6-4-5-7-21)32-26(31-24)30-19-11-9-18(27)10-12-19/h2,17-21H,1,3-16,27H2,(H2,29,30,31,32)/t18-,19-. The lowest BCUT2D eigenvalue weighted by molar-refractivity contribution is -0.132. The molecule has 35 heavy (non-hydrogen) atoms. The van der Waals surface area contributed by atoms with E-state index in [0.717, 1.165) is 75.0 Å². The predicted octanol–water partition coefficient (Wildman–Crippen LogP) is 3.99. The summed E-state index contributed by atoms with van der Waals surface area (Å²) in [4.78, 5) is 29.0. The Labute approximate surface area is 208 Å². The van der Waals surface area contributed by atoms with Crippen LogP contribution in [0.25, 0.3) is 11.2 Å². The molecule has 5 rings (SSSR count). The summed E-state index contributed by atoms with van der Waals surface area (Å²) in [5, 5.41) is 7.27. The number of nitrogens with zero attached hydrogens (tertiary/aromatic N) is 5. The lowest BCUT2D eigenvalue weighted by Gasteiger charge is -2.33. The zero-order chi connectivity index (χ0) is 24.2. The predicted molar refractivity (Wildman–Crippen MR) is 139 cm³/mol. The number of amides is 1. The van der Waals surface area contributed by atoms with Crippen LogP contribution in [-0.4, -0.2) is 61.5 Å². The summed E-state index contributed by atoms with van der Waals surface area (Å²) < 4.78 is 2.26. The maximum atomic E-state index is 12.4. The second-order valence-electron chi connectivity index (χ2n) is 10.5. The van der Waals surface area contributed by atoms with E-state index in [0.29, 0.717) is 30.5 Å². The molecule has 0 unspecified atom stereocenters. The van der Waals surface area contributed by atoms with E-state index in [2.05, 4.69) is 21.8 Å². The molecule has 0 spiro atoms. The van der Waals surface area contributed by atoms with Gasteiger partial charge in [0, 0.05) is 43.7 Å². The number of rotatable bonds is 8. The van der Waals surface area contributed by atoms with Gasteiger partial charge in [0.05, 0.1) is 6.33 Å². The molecule has 0 bridgehead atoms. The molecular formula is C26H40N8O. The molecular weight excluding hydrogens is 440 g/mol. The van der Waals surface area contributed by atoms with Crippen molar-refractivity contribution in [3.8, 4) is 0 Å². The van der Waals surface area contributed by atoms with E-state index in [-0.39, 0.29) is 11.9 Å². The zero-order valence-corrected chi connectivity index (χ0v) is 20.8. The zero-order valence-electron chi connectivity index (χ0n) is 20.8. The van der Waals surface area contributed by atoms with Gasteiger partial charge in [0.15, 0.2) is 17.0 Å². The third-order valence-electron chi connectivity index (χ3n) is 8.00. The minimum Gasteiger partial charge on any atom is -0.365 e. The molecule has 3 heterocycles. The van der Waals surface area contributed by atoms with Gasteiger partial charge in [0.25, 0.3) is 0 Å². The molecule has 2 aromatic rings. The molecule has 3 aliphatic rings. The first-order chi connectivity index (χ1) is 17.1. The van der Waals surface area contributed by atoms with E-state index < -0.39 is 0 Å². The molecule has 3 fully saturated rings. The SMILES string of the molecule is C=CCCC(=O)N1CCC(Nc2nc(N[C@H]3CC[C@H](N)CC3)nc3c2ncn3C2CCCC2)CC1. The Bertz CT molecular complexity index is 1010. The van der Waals surface area contributed by atoms with Crippen LogP contribution >= 0.6 is 0 Å². The van der Waals surface area contributed by atoms with Crippen molar-refractivity contribution < 1.29 is 4.79 Å². The van der Waals surface area contributed by atoms with Gasteiger partial charge in [-0.25, -0.2) is 4.98 Å². The molecule has 2 aromatic heterocycles. The third-order valence-corrected chi connectivity index (χ3v) is 8.00. The molecule has 9 nitrogen and oxygen atoms in total. The highest BCUT2D eigenvalue weighted by molar-refractivity contribution is 5.84. The van der Waals surface area contributed by atoms with Gasteiger partial charge in [-0.2, -0.15) is 9.97 Å². The van der Waals surface area contributed by atoms with Crippen LogP contribution in [0.2, 0.25) is 0 Å². The van der Waals surface area contributed by atoms with E-state index in [9.17, 15) is 4.79 Å². The Morgan fingerprint density at radius 1 is 1.03 bits per heavy atom. The summed E-state index contributed by atoms with van der Waals surface area (Å²) in [7, 11) is 0. The summed E-state index contributed by atoms with van der Waals surface area (Å²) in [6.07, 6.45) is 15.9. The number of hydrogen-bond acceptors (Lipinski definition) is 7. The van der Waals surface area contributed by atoms with Gasteiger partial charge in [0.1, 0.15) is 0 Å². The smallest absolute Gasteiger partial charge is 0.227 e. The van der Waals surface area contributed by atoms with Crippen LogP contribution in [0, 0.1) is 0 Å². The fraction of sp³-hybridized carbons (Fsp3) is 0.692. The largest absolute Gasteiger partial charge is 0.365 e. The Kier molecular flexibility index (Phi) is 7.51. The first kappa shape index (κ1) is 24.0. The first-order valence-electron chi connectivity index (χ1n) is 13.5. The average molecular weight is 481 g/mol. The molecule has 190 valence electrons. The molecule has 9 heteroatoms. The number of imidazole rings is 1. The van der Waals surface area contributed by atoms with E-state index in [1.807, 2.05) is 17.3 Å². The van der Waals surface area contributed by atoms with Crippen LogP contribution in [0.5, 0.6) is 0 Å². The first-order valence-corrected chi connectivity index (χ1v) is 13.5. The number of fused-ring (bicyclic) bond motifs is 1. The number of nitrogens with one attached hydrogen (secondary N) is 2. The van der Waals surface area contributed by atoms with Crippen LogP contribution in [0.4, 0.5) is 11.8 Å². The van der Waals surface area contributed by atoms with E-state index >= 15 is 0 Å². The lowest BCUT2D eigenvalue weighted by Crippen LogP contribution is -2.42. The monoisotopic (exact) mass is 480 g/mol. The number of piperidine rings is 1. The van der Waals surface area contributed by atoms with Crippen molar-refractivity contribution in [3.63, 3.8) is 0 Å². The normalized spacial score (nSPS) is 24.1. The number of nitrogens with two attached hydrogens (primary N) is 1. The number of likely N-dealkylation sites (tertiary alicyclic amines) is 1. The highest BCUT2D eigenvalue weighted by atomic mass is 16.2. The summed E-state index contributed by atoms with van der Waals surface area (Å²) in [6, 6.07) is 1.39. The molecule has 1 saturated heterocycles. The Hall–Kier alpha value is -2.68. The lowest BCUT2D eigenvalue weighted by atomic mass is 9.92. The van der Waals surface area contributed by atoms with Gasteiger partial charge in [-0.05, 0) is 57.8 Å². The van der Waals surface area contributed by atoms with Gasteiger partial charge >= 0.3 is 0 Å². The van der Waals surface area contributed by atoms with E-state index in [4.69, 9.17) is 20.7 Å². The summed E-state index contributed by atoms with van der Waals surface area (Å²) in [5.74, 6) is 1.71. The van der Waals surface area contributed by atoms with Gasteiger partial charge < -0.3 is 25.8 Å². The second kappa shape index (κ2) is 10.9. The number of carbonyl (C=O) groups is 1.